The smallest absolute Gasteiger partial charge is 0.252 e. The average Bonchev–Trinajstić information content (AvgIpc) is 2.49. The van der Waals surface area contributed by atoms with Crippen LogP contribution in [-0.4, -0.2) is 22.4 Å². The van der Waals surface area contributed by atoms with E-state index in [2.05, 4.69) is 21.4 Å². The summed E-state index contributed by atoms with van der Waals surface area (Å²) < 4.78 is 0. The molecule has 0 unspecified atom stereocenters. The molecule has 2 rings (SSSR count). The Morgan fingerprint density at radius 3 is 2.53 bits per heavy atom. The Kier molecular flexibility index (Phi) is 5.05. The predicted molar refractivity (Wildman–Crippen MR) is 73.7 cm³/mol. The lowest BCUT2D eigenvalue weighted by Gasteiger charge is -2.04. The second-order valence-corrected chi connectivity index (χ2v) is 4.32. The number of aromatic nitrogens is 2. The fourth-order valence-corrected chi connectivity index (χ4v) is 1.80. The monoisotopic (exact) mass is 255 g/mol. The van der Waals surface area contributed by atoms with E-state index >= 15 is 0 Å². The van der Waals surface area contributed by atoms with Crippen molar-refractivity contribution < 1.29 is 4.79 Å². The summed E-state index contributed by atoms with van der Waals surface area (Å²) in [4.78, 5) is 19.7. The number of carbonyl (C=O) groups is 1. The van der Waals surface area contributed by atoms with Gasteiger partial charge < -0.3 is 5.32 Å². The molecule has 0 aliphatic rings. The van der Waals surface area contributed by atoms with Gasteiger partial charge in [-0.05, 0) is 43.0 Å². The third-order valence-electron chi connectivity index (χ3n) is 2.82. The molecule has 2 aromatic heterocycles. The lowest BCUT2D eigenvalue weighted by Crippen LogP contribution is -2.24. The quantitative estimate of drug-likeness (QED) is 0.805. The number of nitrogens with one attached hydrogen (secondary N) is 1. The molecule has 98 valence electrons. The Labute approximate surface area is 112 Å². The van der Waals surface area contributed by atoms with Gasteiger partial charge in [-0.1, -0.05) is 6.07 Å². The molecule has 0 saturated heterocycles. The van der Waals surface area contributed by atoms with E-state index in [0.717, 1.165) is 19.3 Å². The zero-order valence-corrected chi connectivity index (χ0v) is 10.7. The van der Waals surface area contributed by atoms with Crippen LogP contribution in [0.5, 0.6) is 0 Å². The van der Waals surface area contributed by atoms with Gasteiger partial charge in [-0.2, -0.15) is 0 Å². The summed E-state index contributed by atoms with van der Waals surface area (Å²) in [5.41, 5.74) is 1.84. The average molecular weight is 255 g/mol. The Hall–Kier alpha value is -2.23. The lowest BCUT2D eigenvalue weighted by atomic mass is 10.1. The van der Waals surface area contributed by atoms with Crippen LogP contribution in [0.3, 0.4) is 0 Å². The number of nitrogens with zero attached hydrogens (tertiary/aromatic N) is 2. The van der Waals surface area contributed by atoms with Gasteiger partial charge in [0.25, 0.3) is 5.91 Å². The Morgan fingerprint density at radius 1 is 1.05 bits per heavy atom. The fraction of sp³-hybridized carbons (Fsp3) is 0.267. The number of hydrogen-bond donors (Lipinski definition) is 1. The molecule has 1 amide bonds. The first kappa shape index (κ1) is 13.2. The van der Waals surface area contributed by atoms with E-state index in [-0.39, 0.29) is 5.91 Å². The van der Waals surface area contributed by atoms with E-state index in [4.69, 9.17) is 0 Å². The van der Waals surface area contributed by atoms with E-state index in [0.29, 0.717) is 12.1 Å². The minimum absolute atomic E-state index is 0.0607. The summed E-state index contributed by atoms with van der Waals surface area (Å²) in [7, 11) is 0. The van der Waals surface area contributed by atoms with Crippen LogP contribution in [0.25, 0.3) is 0 Å². The number of hydrogen-bond acceptors (Lipinski definition) is 3. The molecule has 0 radical (unpaired) electrons. The van der Waals surface area contributed by atoms with E-state index in [1.165, 1.54) is 5.56 Å². The highest BCUT2D eigenvalue weighted by molar-refractivity contribution is 5.93. The first-order chi connectivity index (χ1) is 9.36. The van der Waals surface area contributed by atoms with Crippen molar-refractivity contribution in [3.8, 4) is 0 Å². The van der Waals surface area contributed by atoms with E-state index in [9.17, 15) is 4.79 Å². The third kappa shape index (κ3) is 4.50. The number of unbranched alkanes of at least 4 members (excludes halogenated alkanes) is 1. The van der Waals surface area contributed by atoms with Crippen molar-refractivity contribution in [2.45, 2.75) is 19.3 Å². The molecule has 0 aliphatic carbocycles. The normalized spacial score (nSPS) is 10.1. The Bertz CT molecular complexity index is 499. The molecule has 2 heterocycles. The molecular formula is C15H17N3O. The van der Waals surface area contributed by atoms with E-state index in [1.54, 1.807) is 30.7 Å². The van der Waals surface area contributed by atoms with Gasteiger partial charge in [-0.15, -0.1) is 0 Å². The highest BCUT2D eigenvalue weighted by atomic mass is 16.1. The van der Waals surface area contributed by atoms with Gasteiger partial charge >= 0.3 is 0 Å². The molecular weight excluding hydrogens is 238 g/mol. The summed E-state index contributed by atoms with van der Waals surface area (Å²) in [6.07, 6.45) is 9.89. The molecule has 0 aromatic carbocycles. The predicted octanol–water partition coefficient (Wildman–Crippen LogP) is 2.23. The maximum absolute atomic E-state index is 11.7. The summed E-state index contributed by atoms with van der Waals surface area (Å²) in [6.45, 7) is 0.688. The first-order valence-electron chi connectivity index (χ1n) is 6.43. The molecule has 4 nitrogen and oxygen atoms in total. The van der Waals surface area contributed by atoms with Crippen LogP contribution in [0.15, 0.2) is 49.1 Å². The molecule has 4 heteroatoms. The van der Waals surface area contributed by atoms with Gasteiger partial charge in [0.15, 0.2) is 0 Å². The zero-order valence-electron chi connectivity index (χ0n) is 10.7. The van der Waals surface area contributed by atoms with Crippen LogP contribution >= 0.6 is 0 Å². The highest BCUT2D eigenvalue weighted by Gasteiger charge is 2.03. The number of amides is 1. The SMILES string of the molecule is O=C(NCCCCc1cccnc1)c1cccnc1. The van der Waals surface area contributed by atoms with Crippen molar-refractivity contribution in [2.75, 3.05) is 6.54 Å². The molecule has 2 aromatic rings. The van der Waals surface area contributed by atoms with Gasteiger partial charge in [0.05, 0.1) is 5.56 Å². The van der Waals surface area contributed by atoms with E-state index in [1.807, 2.05) is 12.3 Å². The second-order valence-electron chi connectivity index (χ2n) is 4.32. The van der Waals surface area contributed by atoms with Gasteiger partial charge in [-0.3, -0.25) is 14.8 Å². The van der Waals surface area contributed by atoms with Crippen LogP contribution in [0.2, 0.25) is 0 Å². The summed E-state index contributed by atoms with van der Waals surface area (Å²) in [5, 5.41) is 2.89. The van der Waals surface area contributed by atoms with Crippen molar-refractivity contribution >= 4 is 5.91 Å². The number of aryl methyl sites for hydroxylation is 1. The van der Waals surface area contributed by atoms with Gasteiger partial charge in [-0.25, -0.2) is 0 Å². The minimum atomic E-state index is -0.0607. The molecule has 0 aliphatic heterocycles. The van der Waals surface area contributed by atoms with Crippen LogP contribution < -0.4 is 5.32 Å². The van der Waals surface area contributed by atoms with Crippen molar-refractivity contribution in [3.05, 3.63) is 60.2 Å². The highest BCUT2D eigenvalue weighted by Crippen LogP contribution is 2.02. The van der Waals surface area contributed by atoms with E-state index < -0.39 is 0 Å². The topological polar surface area (TPSA) is 54.9 Å². The zero-order chi connectivity index (χ0) is 13.3. The summed E-state index contributed by atoms with van der Waals surface area (Å²) >= 11 is 0. The standard InChI is InChI=1S/C15H17N3O/c19-15(14-7-4-9-17-12-14)18-10-2-1-5-13-6-3-8-16-11-13/h3-4,6-9,11-12H,1-2,5,10H2,(H,18,19). The van der Waals surface area contributed by atoms with Crippen LogP contribution in [0.4, 0.5) is 0 Å². The van der Waals surface area contributed by atoms with Crippen molar-refractivity contribution in [3.63, 3.8) is 0 Å². The number of pyridine rings is 2. The maximum atomic E-state index is 11.7. The molecule has 0 atom stereocenters. The number of carbonyl (C=O) groups excluding carboxylic acids is 1. The fourth-order valence-electron chi connectivity index (χ4n) is 1.80. The molecule has 0 bridgehead atoms. The molecule has 0 fully saturated rings. The van der Waals surface area contributed by atoms with Crippen LogP contribution in [0.1, 0.15) is 28.8 Å². The first-order valence-corrected chi connectivity index (χ1v) is 6.43. The molecule has 0 saturated carbocycles. The Balaban J connectivity index is 1.63. The second kappa shape index (κ2) is 7.26. The van der Waals surface area contributed by atoms with Crippen molar-refractivity contribution in [2.24, 2.45) is 0 Å². The molecule has 1 N–H and O–H groups in total. The van der Waals surface area contributed by atoms with Crippen LogP contribution in [-0.2, 0) is 6.42 Å². The van der Waals surface area contributed by atoms with Crippen molar-refractivity contribution in [1.29, 1.82) is 0 Å². The minimum Gasteiger partial charge on any atom is -0.352 e. The maximum Gasteiger partial charge on any atom is 0.252 e. The number of rotatable bonds is 6. The third-order valence-corrected chi connectivity index (χ3v) is 2.82. The summed E-state index contributed by atoms with van der Waals surface area (Å²) in [5.74, 6) is -0.0607. The van der Waals surface area contributed by atoms with Gasteiger partial charge in [0.2, 0.25) is 0 Å². The van der Waals surface area contributed by atoms with Crippen molar-refractivity contribution in [1.82, 2.24) is 15.3 Å². The molecule has 19 heavy (non-hydrogen) atoms. The van der Waals surface area contributed by atoms with Gasteiger partial charge in [0, 0.05) is 31.3 Å². The molecule has 0 spiro atoms. The summed E-state index contributed by atoms with van der Waals surface area (Å²) in [6, 6.07) is 7.54. The Morgan fingerprint density at radius 2 is 1.84 bits per heavy atom. The largest absolute Gasteiger partial charge is 0.352 e. The van der Waals surface area contributed by atoms with Gasteiger partial charge in [0.1, 0.15) is 0 Å². The lowest BCUT2D eigenvalue weighted by molar-refractivity contribution is 0.0952. The van der Waals surface area contributed by atoms with Crippen LogP contribution in [0, 0.1) is 0 Å².